The molecule has 17 heavy (non-hydrogen) atoms. The minimum absolute atomic E-state index is 0.0491. The van der Waals surface area contributed by atoms with Gasteiger partial charge in [-0.3, -0.25) is 0 Å². The number of hydrogen-bond donors (Lipinski definition) is 0. The second-order valence-corrected chi connectivity index (χ2v) is 6.99. The standard InChI is InChI=1S/C13H25BO3/c1-11(2)9-10(7-8-15-11)14-16-12(3,4)13(5,6)17-14/h10H,7-9H2,1-6H3. The summed E-state index contributed by atoms with van der Waals surface area (Å²) in [5, 5.41) is 0. The summed E-state index contributed by atoms with van der Waals surface area (Å²) in [6.45, 7) is 13.5. The van der Waals surface area contributed by atoms with Crippen LogP contribution in [-0.2, 0) is 14.0 Å². The average Bonchev–Trinajstić information content (AvgIpc) is 2.34. The van der Waals surface area contributed by atoms with Crippen LogP contribution >= 0.6 is 0 Å². The highest BCUT2D eigenvalue weighted by molar-refractivity contribution is 6.47. The van der Waals surface area contributed by atoms with Gasteiger partial charge in [-0.05, 0) is 60.2 Å². The SMILES string of the molecule is CC1(C)CC(B2OC(C)(C)C(C)(C)O2)CCO1. The second kappa shape index (κ2) is 3.97. The fraction of sp³-hybridized carbons (Fsp3) is 1.00. The summed E-state index contributed by atoms with van der Waals surface area (Å²) >= 11 is 0. The molecular formula is C13H25BO3. The first-order chi connectivity index (χ1) is 7.63. The van der Waals surface area contributed by atoms with Crippen LogP contribution in [0.1, 0.15) is 54.4 Å². The van der Waals surface area contributed by atoms with Crippen LogP contribution in [0.4, 0.5) is 0 Å². The monoisotopic (exact) mass is 240 g/mol. The molecule has 2 saturated heterocycles. The van der Waals surface area contributed by atoms with Gasteiger partial charge in [0.05, 0.1) is 16.8 Å². The molecule has 0 N–H and O–H groups in total. The molecule has 2 heterocycles. The van der Waals surface area contributed by atoms with Crippen LogP contribution in [0.15, 0.2) is 0 Å². The first-order valence-electron chi connectivity index (χ1n) is 6.63. The molecule has 0 amide bonds. The molecule has 4 heteroatoms. The molecule has 2 rings (SSSR count). The van der Waals surface area contributed by atoms with E-state index >= 15 is 0 Å². The lowest BCUT2D eigenvalue weighted by atomic mass is 9.64. The zero-order valence-corrected chi connectivity index (χ0v) is 12.0. The molecule has 98 valence electrons. The molecule has 0 aromatic rings. The Labute approximate surface area is 105 Å². The molecule has 2 aliphatic heterocycles. The Hall–Kier alpha value is -0.0551. The van der Waals surface area contributed by atoms with E-state index < -0.39 is 0 Å². The van der Waals surface area contributed by atoms with Gasteiger partial charge in [-0.2, -0.15) is 0 Å². The normalized spacial score (nSPS) is 34.9. The van der Waals surface area contributed by atoms with Crippen molar-refractivity contribution in [3.63, 3.8) is 0 Å². The third-order valence-electron chi connectivity index (χ3n) is 4.39. The van der Waals surface area contributed by atoms with Crippen LogP contribution in [-0.4, -0.2) is 30.5 Å². The van der Waals surface area contributed by atoms with E-state index in [1.807, 2.05) is 0 Å². The van der Waals surface area contributed by atoms with E-state index in [2.05, 4.69) is 41.5 Å². The van der Waals surface area contributed by atoms with Crippen molar-refractivity contribution in [1.82, 2.24) is 0 Å². The lowest BCUT2D eigenvalue weighted by Gasteiger charge is -2.36. The van der Waals surface area contributed by atoms with Gasteiger partial charge in [0.2, 0.25) is 0 Å². The van der Waals surface area contributed by atoms with Gasteiger partial charge in [0.15, 0.2) is 0 Å². The van der Waals surface area contributed by atoms with Gasteiger partial charge in [-0.1, -0.05) is 0 Å². The Kier molecular flexibility index (Phi) is 3.13. The molecule has 2 aliphatic rings. The first-order valence-corrected chi connectivity index (χ1v) is 6.63. The van der Waals surface area contributed by atoms with Gasteiger partial charge in [0, 0.05) is 6.61 Å². The molecule has 0 aromatic heterocycles. The van der Waals surface area contributed by atoms with Crippen LogP contribution in [0.25, 0.3) is 0 Å². The van der Waals surface area contributed by atoms with Crippen LogP contribution in [0.3, 0.4) is 0 Å². The Morgan fingerprint density at radius 3 is 1.94 bits per heavy atom. The third kappa shape index (κ3) is 2.54. The van der Waals surface area contributed by atoms with E-state index in [1.54, 1.807) is 0 Å². The summed E-state index contributed by atoms with van der Waals surface area (Å²) < 4.78 is 18.0. The fourth-order valence-corrected chi connectivity index (χ4v) is 2.59. The smallest absolute Gasteiger partial charge is 0.403 e. The van der Waals surface area contributed by atoms with E-state index in [0.29, 0.717) is 5.82 Å². The summed E-state index contributed by atoms with van der Waals surface area (Å²) in [6, 6.07) is 0. The maximum Gasteiger partial charge on any atom is 0.461 e. The minimum Gasteiger partial charge on any atom is -0.403 e. The van der Waals surface area contributed by atoms with E-state index in [9.17, 15) is 0 Å². The van der Waals surface area contributed by atoms with Crippen molar-refractivity contribution in [3.05, 3.63) is 0 Å². The zero-order chi connectivity index (χ0) is 12.9. The third-order valence-corrected chi connectivity index (χ3v) is 4.39. The molecule has 0 aliphatic carbocycles. The zero-order valence-electron chi connectivity index (χ0n) is 12.0. The summed E-state index contributed by atoms with van der Waals surface area (Å²) in [7, 11) is -0.0804. The molecule has 0 radical (unpaired) electrons. The quantitative estimate of drug-likeness (QED) is 0.659. The minimum atomic E-state index is -0.222. The lowest BCUT2D eigenvalue weighted by molar-refractivity contribution is -0.0547. The summed E-state index contributed by atoms with van der Waals surface area (Å²) in [6.07, 6.45) is 2.03. The fourth-order valence-electron chi connectivity index (χ4n) is 2.59. The molecule has 0 saturated carbocycles. The maximum atomic E-state index is 6.12. The van der Waals surface area contributed by atoms with E-state index in [-0.39, 0.29) is 23.9 Å². The Morgan fingerprint density at radius 1 is 0.941 bits per heavy atom. The summed E-state index contributed by atoms with van der Waals surface area (Å²) in [5.74, 6) is 0.444. The van der Waals surface area contributed by atoms with Gasteiger partial charge < -0.3 is 14.0 Å². The van der Waals surface area contributed by atoms with Crippen molar-refractivity contribution >= 4 is 7.12 Å². The highest BCUT2D eigenvalue weighted by Crippen LogP contribution is 2.44. The Bertz CT molecular complexity index is 283. The average molecular weight is 240 g/mol. The number of hydrogen-bond acceptors (Lipinski definition) is 3. The largest absolute Gasteiger partial charge is 0.461 e. The first kappa shape index (κ1) is 13.4. The van der Waals surface area contributed by atoms with Crippen molar-refractivity contribution < 1.29 is 14.0 Å². The highest BCUT2D eigenvalue weighted by Gasteiger charge is 2.54. The van der Waals surface area contributed by atoms with Crippen LogP contribution in [0.2, 0.25) is 5.82 Å². The van der Waals surface area contributed by atoms with E-state index in [1.165, 1.54) is 0 Å². The topological polar surface area (TPSA) is 27.7 Å². The maximum absolute atomic E-state index is 6.12. The molecule has 1 atom stereocenters. The van der Waals surface area contributed by atoms with Gasteiger partial charge in [-0.25, -0.2) is 0 Å². The molecular weight excluding hydrogens is 215 g/mol. The van der Waals surface area contributed by atoms with Crippen LogP contribution in [0.5, 0.6) is 0 Å². The van der Waals surface area contributed by atoms with E-state index in [0.717, 1.165) is 19.4 Å². The second-order valence-electron chi connectivity index (χ2n) is 6.99. The van der Waals surface area contributed by atoms with Gasteiger partial charge in [-0.15, -0.1) is 0 Å². The van der Waals surface area contributed by atoms with Gasteiger partial charge >= 0.3 is 7.12 Å². The van der Waals surface area contributed by atoms with Gasteiger partial charge in [0.25, 0.3) is 0 Å². The predicted octanol–water partition coefficient (Wildman–Crippen LogP) is 3.04. The molecule has 2 fully saturated rings. The van der Waals surface area contributed by atoms with Crippen LogP contribution < -0.4 is 0 Å². The Morgan fingerprint density at radius 2 is 1.47 bits per heavy atom. The van der Waals surface area contributed by atoms with Crippen LogP contribution in [0, 0.1) is 0 Å². The predicted molar refractivity (Wildman–Crippen MR) is 69.1 cm³/mol. The van der Waals surface area contributed by atoms with Crippen molar-refractivity contribution in [2.24, 2.45) is 0 Å². The molecule has 0 spiro atoms. The van der Waals surface area contributed by atoms with Crippen molar-refractivity contribution in [2.45, 2.75) is 77.0 Å². The summed E-state index contributed by atoms with van der Waals surface area (Å²) in [4.78, 5) is 0. The Balaban J connectivity index is 2.06. The van der Waals surface area contributed by atoms with E-state index in [4.69, 9.17) is 14.0 Å². The van der Waals surface area contributed by atoms with Crippen molar-refractivity contribution in [1.29, 1.82) is 0 Å². The molecule has 0 bridgehead atoms. The lowest BCUT2D eigenvalue weighted by Crippen LogP contribution is -2.41. The van der Waals surface area contributed by atoms with Gasteiger partial charge in [0.1, 0.15) is 0 Å². The number of ether oxygens (including phenoxy) is 1. The van der Waals surface area contributed by atoms with Crippen molar-refractivity contribution in [2.75, 3.05) is 6.61 Å². The molecule has 1 unspecified atom stereocenters. The number of rotatable bonds is 1. The van der Waals surface area contributed by atoms with Crippen molar-refractivity contribution in [3.8, 4) is 0 Å². The molecule has 3 nitrogen and oxygen atoms in total. The molecule has 0 aromatic carbocycles. The summed E-state index contributed by atoms with van der Waals surface area (Å²) in [5.41, 5.74) is -0.493. The highest BCUT2D eigenvalue weighted by atomic mass is 16.7.